The van der Waals surface area contributed by atoms with Crippen LogP contribution in [0.3, 0.4) is 0 Å². The van der Waals surface area contributed by atoms with E-state index >= 15 is 0 Å². The van der Waals surface area contributed by atoms with Gasteiger partial charge in [-0.15, -0.1) is 0 Å². The highest BCUT2D eigenvalue weighted by Crippen LogP contribution is 2.28. The molecule has 0 heterocycles. The number of aliphatic carboxylic acids is 1. The summed E-state index contributed by atoms with van der Waals surface area (Å²) in [5, 5.41) is 12.5. The average Bonchev–Trinajstić information content (AvgIpc) is 2.49. The van der Waals surface area contributed by atoms with E-state index in [-0.39, 0.29) is 5.92 Å². The van der Waals surface area contributed by atoms with E-state index in [0.717, 1.165) is 49.0 Å². The summed E-state index contributed by atoms with van der Waals surface area (Å²) in [5.41, 5.74) is 1.17. The number of halogens is 1. The predicted molar refractivity (Wildman–Crippen MR) is 85.5 cm³/mol. The normalized spacial score (nSPS) is 22.0. The van der Waals surface area contributed by atoms with Gasteiger partial charge in [0, 0.05) is 11.0 Å². The first-order chi connectivity index (χ1) is 10.1. The highest BCUT2D eigenvalue weighted by Gasteiger charge is 2.25. The third kappa shape index (κ3) is 4.71. The molecule has 2 rings (SSSR count). The number of ether oxygens (including phenoxy) is 1. The second-order valence-corrected chi connectivity index (χ2v) is 6.50. The number of carbonyl (C=O) groups is 1. The fourth-order valence-corrected chi connectivity index (χ4v) is 3.22. The molecule has 1 fully saturated rings. The molecule has 0 radical (unpaired) electrons. The number of methoxy groups -OCH3 is 1. The lowest BCUT2D eigenvalue weighted by atomic mass is 9.82. The number of nitrogens with one attached hydrogen (secondary N) is 1. The Hall–Kier alpha value is -1.07. The SMILES string of the molecule is COc1ccc(Br)c(CNCC2CCC(C(=O)O)CC2)c1. The number of benzene rings is 1. The molecule has 5 heteroatoms. The standard InChI is InChI=1S/C16H22BrNO3/c1-21-14-6-7-15(17)13(8-14)10-18-9-11-2-4-12(5-3-11)16(19)20/h6-8,11-12,18H,2-5,9-10H2,1H3,(H,19,20). The van der Waals surface area contributed by atoms with Crippen LogP contribution in [0, 0.1) is 11.8 Å². The zero-order valence-electron chi connectivity index (χ0n) is 12.3. The Kier molecular flexibility index (Phi) is 6.06. The molecular formula is C16H22BrNO3. The molecule has 0 bridgehead atoms. The van der Waals surface area contributed by atoms with Gasteiger partial charge < -0.3 is 15.2 Å². The molecule has 0 aromatic heterocycles. The van der Waals surface area contributed by atoms with E-state index in [2.05, 4.69) is 21.2 Å². The summed E-state index contributed by atoms with van der Waals surface area (Å²) >= 11 is 3.55. The largest absolute Gasteiger partial charge is 0.497 e. The van der Waals surface area contributed by atoms with E-state index < -0.39 is 5.97 Å². The van der Waals surface area contributed by atoms with Crippen LogP contribution in [0.25, 0.3) is 0 Å². The van der Waals surface area contributed by atoms with Gasteiger partial charge in [-0.05, 0) is 61.9 Å². The van der Waals surface area contributed by atoms with Gasteiger partial charge in [-0.2, -0.15) is 0 Å². The Morgan fingerprint density at radius 3 is 2.71 bits per heavy atom. The summed E-state index contributed by atoms with van der Waals surface area (Å²) in [6.07, 6.45) is 3.63. The van der Waals surface area contributed by atoms with E-state index in [1.54, 1.807) is 7.11 Å². The van der Waals surface area contributed by atoms with E-state index in [1.807, 2.05) is 18.2 Å². The van der Waals surface area contributed by atoms with Crippen LogP contribution in [0.1, 0.15) is 31.2 Å². The Morgan fingerprint density at radius 2 is 2.10 bits per heavy atom. The first kappa shape index (κ1) is 16.3. The summed E-state index contributed by atoms with van der Waals surface area (Å²) in [5.74, 6) is 0.678. The van der Waals surface area contributed by atoms with Gasteiger partial charge >= 0.3 is 5.97 Å². The molecule has 2 N–H and O–H groups in total. The zero-order chi connectivity index (χ0) is 15.2. The second kappa shape index (κ2) is 7.80. The third-order valence-electron chi connectivity index (χ3n) is 4.20. The molecule has 1 aliphatic carbocycles. The van der Waals surface area contributed by atoms with Crippen molar-refractivity contribution >= 4 is 21.9 Å². The van der Waals surface area contributed by atoms with Crippen LogP contribution >= 0.6 is 15.9 Å². The molecule has 0 amide bonds. The van der Waals surface area contributed by atoms with Crippen molar-refractivity contribution in [3.05, 3.63) is 28.2 Å². The van der Waals surface area contributed by atoms with Gasteiger partial charge in [0.1, 0.15) is 5.75 Å². The summed E-state index contributed by atoms with van der Waals surface area (Å²) in [6.45, 7) is 1.73. The van der Waals surface area contributed by atoms with E-state index in [9.17, 15) is 4.79 Å². The molecule has 0 atom stereocenters. The fourth-order valence-electron chi connectivity index (χ4n) is 2.84. The Balaban J connectivity index is 1.76. The van der Waals surface area contributed by atoms with Crippen molar-refractivity contribution < 1.29 is 14.6 Å². The maximum absolute atomic E-state index is 10.9. The minimum Gasteiger partial charge on any atom is -0.497 e. The minimum atomic E-state index is -0.637. The monoisotopic (exact) mass is 355 g/mol. The van der Waals surface area contributed by atoms with Crippen molar-refractivity contribution in [2.75, 3.05) is 13.7 Å². The van der Waals surface area contributed by atoms with Crippen LogP contribution in [-0.2, 0) is 11.3 Å². The van der Waals surface area contributed by atoms with Crippen LogP contribution in [0.2, 0.25) is 0 Å². The molecule has 1 aromatic rings. The second-order valence-electron chi connectivity index (χ2n) is 5.64. The number of rotatable bonds is 6. The van der Waals surface area contributed by atoms with Crippen molar-refractivity contribution in [1.82, 2.24) is 5.32 Å². The summed E-state index contributed by atoms with van der Waals surface area (Å²) in [4.78, 5) is 10.9. The maximum atomic E-state index is 10.9. The van der Waals surface area contributed by atoms with Crippen molar-refractivity contribution in [2.45, 2.75) is 32.2 Å². The van der Waals surface area contributed by atoms with Crippen LogP contribution in [0.4, 0.5) is 0 Å². The number of hydrogen-bond donors (Lipinski definition) is 2. The van der Waals surface area contributed by atoms with Crippen molar-refractivity contribution in [1.29, 1.82) is 0 Å². The highest BCUT2D eigenvalue weighted by molar-refractivity contribution is 9.10. The number of hydrogen-bond acceptors (Lipinski definition) is 3. The van der Waals surface area contributed by atoms with Crippen molar-refractivity contribution in [3.63, 3.8) is 0 Å². The third-order valence-corrected chi connectivity index (χ3v) is 4.97. The fraction of sp³-hybridized carbons (Fsp3) is 0.562. The van der Waals surface area contributed by atoms with Gasteiger partial charge in [0.05, 0.1) is 13.0 Å². The molecule has 116 valence electrons. The van der Waals surface area contributed by atoms with Crippen LogP contribution in [0.15, 0.2) is 22.7 Å². The molecule has 1 aromatic carbocycles. The maximum Gasteiger partial charge on any atom is 0.306 e. The number of carboxylic acid groups (broad SMARTS) is 1. The summed E-state index contributed by atoms with van der Waals surface area (Å²) in [6, 6.07) is 5.95. The lowest BCUT2D eigenvalue weighted by Crippen LogP contribution is -2.28. The molecule has 1 saturated carbocycles. The van der Waals surface area contributed by atoms with Crippen molar-refractivity contribution in [3.8, 4) is 5.75 Å². The van der Waals surface area contributed by atoms with Gasteiger partial charge in [0.15, 0.2) is 0 Å². The summed E-state index contributed by atoms with van der Waals surface area (Å²) < 4.78 is 6.31. The van der Waals surface area contributed by atoms with Crippen LogP contribution < -0.4 is 10.1 Å². The van der Waals surface area contributed by atoms with Gasteiger partial charge in [-0.25, -0.2) is 0 Å². The van der Waals surface area contributed by atoms with E-state index in [1.165, 1.54) is 5.56 Å². The lowest BCUT2D eigenvalue weighted by Gasteiger charge is -2.26. The molecule has 1 aliphatic rings. The average molecular weight is 356 g/mol. The lowest BCUT2D eigenvalue weighted by molar-refractivity contribution is -0.143. The quantitative estimate of drug-likeness (QED) is 0.820. The van der Waals surface area contributed by atoms with Gasteiger partial charge in [-0.1, -0.05) is 15.9 Å². The molecule has 4 nitrogen and oxygen atoms in total. The molecular weight excluding hydrogens is 334 g/mol. The van der Waals surface area contributed by atoms with Crippen LogP contribution in [-0.4, -0.2) is 24.7 Å². The van der Waals surface area contributed by atoms with Crippen LogP contribution in [0.5, 0.6) is 5.75 Å². The summed E-state index contributed by atoms with van der Waals surface area (Å²) in [7, 11) is 1.67. The topological polar surface area (TPSA) is 58.6 Å². The first-order valence-corrected chi connectivity index (χ1v) is 8.15. The smallest absolute Gasteiger partial charge is 0.306 e. The van der Waals surface area contributed by atoms with Crippen molar-refractivity contribution in [2.24, 2.45) is 11.8 Å². The molecule has 21 heavy (non-hydrogen) atoms. The Morgan fingerprint density at radius 1 is 1.38 bits per heavy atom. The van der Waals surface area contributed by atoms with E-state index in [4.69, 9.17) is 9.84 Å². The Labute approximate surface area is 134 Å². The van der Waals surface area contributed by atoms with E-state index in [0.29, 0.717) is 5.92 Å². The molecule has 0 spiro atoms. The Bertz CT molecular complexity index is 484. The molecule has 0 unspecified atom stereocenters. The zero-order valence-corrected chi connectivity index (χ0v) is 13.9. The predicted octanol–water partition coefficient (Wildman–Crippen LogP) is 3.44. The minimum absolute atomic E-state index is 0.131. The first-order valence-electron chi connectivity index (χ1n) is 7.36. The number of carboxylic acids is 1. The van der Waals surface area contributed by atoms with Gasteiger partial charge in [0.2, 0.25) is 0 Å². The highest BCUT2D eigenvalue weighted by atomic mass is 79.9. The van der Waals surface area contributed by atoms with Gasteiger partial charge in [-0.3, -0.25) is 4.79 Å². The van der Waals surface area contributed by atoms with Gasteiger partial charge in [0.25, 0.3) is 0 Å². The molecule has 0 saturated heterocycles. The molecule has 0 aliphatic heterocycles.